The number of benzene rings is 2. The van der Waals surface area contributed by atoms with Crippen LogP contribution in [0.4, 0.5) is 8.78 Å². The summed E-state index contributed by atoms with van der Waals surface area (Å²) >= 11 is 0. The van der Waals surface area contributed by atoms with Crippen LogP contribution in [0.25, 0.3) is 21.9 Å². The van der Waals surface area contributed by atoms with Crippen molar-refractivity contribution in [2.45, 2.75) is 26.7 Å². The highest BCUT2D eigenvalue weighted by Crippen LogP contribution is 2.36. The Morgan fingerprint density at radius 1 is 1.04 bits per heavy atom. The number of aryl methyl sites for hydroxylation is 1. The van der Waals surface area contributed by atoms with Crippen molar-refractivity contribution < 1.29 is 17.9 Å². The van der Waals surface area contributed by atoms with Crippen molar-refractivity contribution in [1.82, 2.24) is 0 Å². The molecule has 0 atom stereocenters. The van der Waals surface area contributed by atoms with E-state index in [4.69, 9.17) is 9.15 Å². The number of hydrogen-bond donors (Lipinski definition) is 0. The van der Waals surface area contributed by atoms with Crippen LogP contribution in [0.1, 0.15) is 25.8 Å². The van der Waals surface area contributed by atoms with E-state index in [-0.39, 0.29) is 16.9 Å². The lowest BCUT2D eigenvalue weighted by Crippen LogP contribution is -1.94. The van der Waals surface area contributed by atoms with Gasteiger partial charge in [0.25, 0.3) is 0 Å². The van der Waals surface area contributed by atoms with Gasteiger partial charge in [0.05, 0.1) is 6.61 Å². The second-order valence-electron chi connectivity index (χ2n) is 5.31. The van der Waals surface area contributed by atoms with E-state index in [2.05, 4.69) is 0 Å². The van der Waals surface area contributed by atoms with Gasteiger partial charge in [-0.05, 0) is 50.5 Å². The van der Waals surface area contributed by atoms with Crippen molar-refractivity contribution in [3.05, 3.63) is 53.6 Å². The molecule has 0 fully saturated rings. The molecule has 0 aliphatic heterocycles. The Labute approximate surface area is 133 Å². The van der Waals surface area contributed by atoms with Gasteiger partial charge in [-0.2, -0.15) is 4.39 Å². The summed E-state index contributed by atoms with van der Waals surface area (Å²) < 4.78 is 39.8. The average molecular weight is 316 g/mol. The zero-order valence-corrected chi connectivity index (χ0v) is 13.2. The number of allylic oxidation sites excluding steroid dienone is 2. The van der Waals surface area contributed by atoms with Crippen LogP contribution in [0.2, 0.25) is 0 Å². The van der Waals surface area contributed by atoms with Crippen molar-refractivity contribution in [1.29, 1.82) is 0 Å². The molecule has 4 heteroatoms. The Hall–Kier alpha value is -2.36. The van der Waals surface area contributed by atoms with Crippen molar-refractivity contribution in [3.8, 4) is 5.75 Å². The zero-order chi connectivity index (χ0) is 16.4. The molecule has 3 aromatic rings. The molecule has 2 nitrogen and oxygen atoms in total. The molecular weight excluding hydrogens is 298 g/mol. The molecule has 23 heavy (non-hydrogen) atoms. The fourth-order valence-corrected chi connectivity index (χ4v) is 2.73. The standard InChI is InChI=1S/C19H18F2O2/c1-3-5-6-7-12-8-9-13-14-10-11-15(22-4-2)17(21)19(14)23-18(13)16(12)20/h3,5,8-11H,4,6-7H2,1-2H3/b5-3+. The van der Waals surface area contributed by atoms with E-state index < -0.39 is 11.6 Å². The Morgan fingerprint density at radius 3 is 2.43 bits per heavy atom. The summed E-state index contributed by atoms with van der Waals surface area (Å²) in [6, 6.07) is 6.78. The fraction of sp³-hybridized carbons (Fsp3) is 0.263. The van der Waals surface area contributed by atoms with Gasteiger partial charge in [0.15, 0.2) is 22.7 Å². The maximum atomic E-state index is 14.6. The minimum atomic E-state index is -0.588. The zero-order valence-electron chi connectivity index (χ0n) is 13.2. The molecular formula is C19H18F2O2. The van der Waals surface area contributed by atoms with E-state index >= 15 is 0 Å². The summed E-state index contributed by atoms with van der Waals surface area (Å²) in [5, 5.41) is 1.13. The number of furan rings is 1. The van der Waals surface area contributed by atoms with E-state index in [0.717, 1.165) is 6.42 Å². The lowest BCUT2D eigenvalue weighted by molar-refractivity contribution is 0.321. The molecule has 1 aromatic heterocycles. The monoisotopic (exact) mass is 316 g/mol. The van der Waals surface area contributed by atoms with Crippen molar-refractivity contribution in [2.24, 2.45) is 0 Å². The van der Waals surface area contributed by atoms with Crippen molar-refractivity contribution in [2.75, 3.05) is 6.61 Å². The summed E-state index contributed by atoms with van der Waals surface area (Å²) in [7, 11) is 0. The molecule has 0 N–H and O–H groups in total. The Balaban J connectivity index is 2.14. The Kier molecular flexibility index (Phi) is 4.33. The largest absolute Gasteiger partial charge is 0.491 e. The van der Waals surface area contributed by atoms with E-state index in [1.165, 1.54) is 0 Å². The molecule has 0 amide bonds. The SMILES string of the molecule is C/C=C/CCc1ccc2c(oc3c(F)c(OCC)ccc32)c1F. The molecule has 0 aliphatic carbocycles. The normalized spacial score (nSPS) is 11.8. The van der Waals surface area contributed by atoms with Crippen LogP contribution < -0.4 is 4.74 Å². The molecule has 0 saturated carbocycles. The third-order valence-corrected chi connectivity index (χ3v) is 3.85. The minimum Gasteiger partial charge on any atom is -0.491 e. The third kappa shape index (κ3) is 2.69. The maximum Gasteiger partial charge on any atom is 0.208 e. The molecule has 0 unspecified atom stereocenters. The summed E-state index contributed by atoms with van der Waals surface area (Å²) in [6.07, 6.45) is 5.25. The van der Waals surface area contributed by atoms with E-state index in [9.17, 15) is 8.78 Å². The second kappa shape index (κ2) is 6.41. The van der Waals surface area contributed by atoms with E-state index in [1.807, 2.05) is 19.1 Å². The topological polar surface area (TPSA) is 22.4 Å². The van der Waals surface area contributed by atoms with Gasteiger partial charge in [-0.1, -0.05) is 18.2 Å². The van der Waals surface area contributed by atoms with Crippen LogP contribution in [0.15, 0.2) is 40.8 Å². The molecule has 3 rings (SSSR count). The summed E-state index contributed by atoms with van der Waals surface area (Å²) in [5.41, 5.74) is 0.709. The van der Waals surface area contributed by atoms with Crippen LogP contribution in [0.5, 0.6) is 5.75 Å². The molecule has 0 spiro atoms. The van der Waals surface area contributed by atoms with E-state index in [0.29, 0.717) is 29.4 Å². The summed E-state index contributed by atoms with van der Waals surface area (Å²) in [5.74, 6) is -0.885. The van der Waals surface area contributed by atoms with Gasteiger partial charge in [-0.15, -0.1) is 0 Å². The van der Waals surface area contributed by atoms with Crippen LogP contribution in [-0.4, -0.2) is 6.61 Å². The molecule has 1 heterocycles. The average Bonchev–Trinajstić information content (AvgIpc) is 2.93. The maximum absolute atomic E-state index is 14.6. The highest BCUT2D eigenvalue weighted by molar-refractivity contribution is 6.05. The highest BCUT2D eigenvalue weighted by Gasteiger charge is 2.19. The van der Waals surface area contributed by atoms with Gasteiger partial charge >= 0.3 is 0 Å². The molecule has 0 saturated heterocycles. The number of fused-ring (bicyclic) bond motifs is 3. The fourth-order valence-electron chi connectivity index (χ4n) is 2.73. The molecule has 120 valence electrons. The van der Waals surface area contributed by atoms with Gasteiger partial charge in [-0.25, -0.2) is 4.39 Å². The minimum absolute atomic E-state index is 0.0375. The van der Waals surface area contributed by atoms with Gasteiger partial charge in [0.1, 0.15) is 0 Å². The number of rotatable bonds is 5. The summed E-state index contributed by atoms with van der Waals surface area (Å²) in [6.45, 7) is 4.06. The summed E-state index contributed by atoms with van der Waals surface area (Å²) in [4.78, 5) is 0. The molecule has 0 aliphatic rings. The lowest BCUT2D eigenvalue weighted by Gasteiger charge is -2.03. The molecule has 0 radical (unpaired) electrons. The molecule has 2 aromatic carbocycles. The van der Waals surface area contributed by atoms with Crippen molar-refractivity contribution in [3.63, 3.8) is 0 Å². The molecule has 0 bridgehead atoms. The van der Waals surface area contributed by atoms with Gasteiger partial charge in [0, 0.05) is 10.8 Å². The van der Waals surface area contributed by atoms with Gasteiger partial charge in [0.2, 0.25) is 5.82 Å². The van der Waals surface area contributed by atoms with Gasteiger partial charge < -0.3 is 9.15 Å². The Bertz CT molecular complexity index is 878. The van der Waals surface area contributed by atoms with E-state index in [1.54, 1.807) is 31.2 Å². The first-order chi connectivity index (χ1) is 11.2. The third-order valence-electron chi connectivity index (χ3n) is 3.85. The first-order valence-corrected chi connectivity index (χ1v) is 7.73. The van der Waals surface area contributed by atoms with Crippen molar-refractivity contribution >= 4 is 21.9 Å². The van der Waals surface area contributed by atoms with Crippen LogP contribution in [0, 0.1) is 11.6 Å². The van der Waals surface area contributed by atoms with Crippen LogP contribution in [-0.2, 0) is 6.42 Å². The second-order valence-corrected chi connectivity index (χ2v) is 5.31. The first-order valence-electron chi connectivity index (χ1n) is 7.73. The van der Waals surface area contributed by atoms with Crippen LogP contribution in [0.3, 0.4) is 0 Å². The van der Waals surface area contributed by atoms with Crippen LogP contribution >= 0.6 is 0 Å². The lowest BCUT2D eigenvalue weighted by atomic mass is 10.1. The number of ether oxygens (including phenoxy) is 1. The van der Waals surface area contributed by atoms with Gasteiger partial charge in [-0.3, -0.25) is 0 Å². The number of halogens is 2. The highest BCUT2D eigenvalue weighted by atomic mass is 19.1. The Morgan fingerprint density at radius 2 is 1.74 bits per heavy atom. The number of hydrogen-bond acceptors (Lipinski definition) is 2. The quantitative estimate of drug-likeness (QED) is 0.557. The first kappa shape index (κ1) is 15.5. The smallest absolute Gasteiger partial charge is 0.208 e. The predicted molar refractivity (Wildman–Crippen MR) is 87.9 cm³/mol. The predicted octanol–water partition coefficient (Wildman–Crippen LogP) is 5.77.